The fourth-order valence-corrected chi connectivity index (χ4v) is 4.34. The molecule has 156 valence electrons. The highest BCUT2D eigenvalue weighted by Gasteiger charge is 2.27. The van der Waals surface area contributed by atoms with Gasteiger partial charge in [-0.25, -0.2) is 0 Å². The number of aromatic nitrogens is 3. The molecule has 1 aromatic carbocycles. The summed E-state index contributed by atoms with van der Waals surface area (Å²) in [5.41, 5.74) is 7.86. The lowest BCUT2D eigenvalue weighted by molar-refractivity contribution is -0.119. The van der Waals surface area contributed by atoms with Crippen LogP contribution < -0.4 is 16.4 Å². The van der Waals surface area contributed by atoms with Crippen LogP contribution in [0, 0.1) is 18.8 Å². The van der Waals surface area contributed by atoms with Gasteiger partial charge in [-0.15, -0.1) is 11.8 Å². The fraction of sp³-hybridized carbons (Fsp3) is 0.524. The molecule has 0 unspecified atom stereocenters. The Balaban J connectivity index is 1.52. The minimum Gasteiger partial charge on any atom is -0.368 e. The first-order valence-corrected chi connectivity index (χ1v) is 11.3. The third-order valence-corrected chi connectivity index (χ3v) is 6.54. The molecule has 3 atom stereocenters. The number of amides is 1. The summed E-state index contributed by atoms with van der Waals surface area (Å²) in [7, 11) is 0. The van der Waals surface area contributed by atoms with Gasteiger partial charge in [0.25, 0.3) is 0 Å². The molecule has 3 rings (SSSR count). The summed E-state index contributed by atoms with van der Waals surface area (Å²) in [6.45, 7) is 6.51. The lowest BCUT2D eigenvalue weighted by atomic mass is 9.78. The normalized spacial score (nSPS) is 21.6. The molecule has 1 saturated carbocycles. The summed E-state index contributed by atoms with van der Waals surface area (Å²) in [5, 5.41) is 6.38. The van der Waals surface area contributed by atoms with Crippen LogP contribution in [0.4, 0.5) is 17.6 Å². The van der Waals surface area contributed by atoms with Gasteiger partial charge in [-0.3, -0.25) is 4.79 Å². The third kappa shape index (κ3) is 6.06. The number of carbonyl (C=O) groups excluding carboxylic acids is 1. The average molecular weight is 415 g/mol. The molecule has 8 heteroatoms. The summed E-state index contributed by atoms with van der Waals surface area (Å²) in [6.07, 6.45) is 3.51. The summed E-state index contributed by atoms with van der Waals surface area (Å²) < 4.78 is 0. The predicted molar refractivity (Wildman–Crippen MR) is 119 cm³/mol. The maximum Gasteiger partial charge on any atom is 0.232 e. The molecule has 0 bridgehead atoms. The van der Waals surface area contributed by atoms with Crippen molar-refractivity contribution in [1.82, 2.24) is 20.3 Å². The first-order chi connectivity index (χ1) is 13.9. The first-order valence-electron chi connectivity index (χ1n) is 10.1. The van der Waals surface area contributed by atoms with E-state index in [1.54, 1.807) is 0 Å². The van der Waals surface area contributed by atoms with E-state index in [1.807, 2.05) is 31.2 Å². The van der Waals surface area contributed by atoms with E-state index in [0.717, 1.165) is 17.7 Å². The van der Waals surface area contributed by atoms with Gasteiger partial charge in [0, 0.05) is 11.7 Å². The van der Waals surface area contributed by atoms with Crippen molar-refractivity contribution < 1.29 is 4.79 Å². The number of nitrogen functional groups attached to an aromatic ring is 1. The van der Waals surface area contributed by atoms with Crippen molar-refractivity contribution in [3.63, 3.8) is 0 Å². The van der Waals surface area contributed by atoms with Crippen LogP contribution in [0.3, 0.4) is 0 Å². The molecule has 1 heterocycles. The second-order valence-electron chi connectivity index (χ2n) is 7.81. The zero-order valence-corrected chi connectivity index (χ0v) is 18.1. The van der Waals surface area contributed by atoms with Gasteiger partial charge in [-0.1, -0.05) is 44.9 Å². The minimum absolute atomic E-state index is 0.0706. The Bertz CT molecular complexity index is 846. The Labute approximate surface area is 176 Å². The Morgan fingerprint density at radius 1 is 1.21 bits per heavy atom. The molecule has 0 saturated heterocycles. The number of anilines is 3. The number of nitrogens with one attached hydrogen (secondary N) is 2. The number of nitrogens with zero attached hydrogens (tertiary/aromatic N) is 3. The van der Waals surface area contributed by atoms with Crippen LogP contribution in [-0.2, 0) is 10.5 Å². The highest BCUT2D eigenvalue weighted by molar-refractivity contribution is 7.99. The minimum atomic E-state index is 0.0706. The van der Waals surface area contributed by atoms with E-state index >= 15 is 0 Å². The number of benzene rings is 1. The van der Waals surface area contributed by atoms with E-state index < -0.39 is 0 Å². The lowest BCUT2D eigenvalue weighted by Crippen LogP contribution is -2.44. The molecule has 1 aromatic heterocycles. The van der Waals surface area contributed by atoms with Crippen LogP contribution in [0.2, 0.25) is 0 Å². The molecule has 7 nitrogen and oxygen atoms in total. The Hall–Kier alpha value is -2.35. The van der Waals surface area contributed by atoms with Gasteiger partial charge in [-0.05, 0) is 36.8 Å². The topological polar surface area (TPSA) is 106 Å². The Kier molecular flexibility index (Phi) is 7.30. The maximum absolute atomic E-state index is 12.3. The summed E-state index contributed by atoms with van der Waals surface area (Å²) in [6, 6.07) is 8.18. The van der Waals surface area contributed by atoms with Gasteiger partial charge in [0.15, 0.2) is 0 Å². The SMILES string of the molecule is Cc1ccccc1Nc1nc(N)nc(CSCC(=O)N[C@@H]2CCC[C@H](C)[C@@H]2C)n1. The van der Waals surface area contributed by atoms with Crippen LogP contribution in [0.25, 0.3) is 0 Å². The lowest BCUT2D eigenvalue weighted by Gasteiger charge is -2.34. The number of para-hydroxylation sites is 1. The summed E-state index contributed by atoms with van der Waals surface area (Å²) in [5.74, 6) is 3.28. The van der Waals surface area contributed by atoms with Crippen LogP contribution >= 0.6 is 11.8 Å². The molecule has 0 spiro atoms. The molecular formula is C21H30N6OS. The van der Waals surface area contributed by atoms with E-state index in [4.69, 9.17) is 5.73 Å². The smallest absolute Gasteiger partial charge is 0.232 e. The largest absolute Gasteiger partial charge is 0.368 e. The molecule has 1 amide bonds. The van der Waals surface area contributed by atoms with Crippen molar-refractivity contribution in [3.05, 3.63) is 35.7 Å². The van der Waals surface area contributed by atoms with Crippen molar-refractivity contribution in [1.29, 1.82) is 0 Å². The standard InChI is InChI=1S/C21H30N6OS/c1-13-8-6-10-17(15(13)3)23-19(28)12-29-11-18-25-20(22)27-21(26-18)24-16-9-5-4-7-14(16)2/h4-5,7,9,13,15,17H,6,8,10-12H2,1-3H3,(H,23,28)(H3,22,24,25,26,27)/t13-,15-,17+/m0/s1. The van der Waals surface area contributed by atoms with Crippen LogP contribution in [0.15, 0.2) is 24.3 Å². The monoisotopic (exact) mass is 414 g/mol. The quantitative estimate of drug-likeness (QED) is 0.634. The average Bonchev–Trinajstić information content (AvgIpc) is 2.67. The maximum atomic E-state index is 12.3. The highest BCUT2D eigenvalue weighted by atomic mass is 32.2. The van der Waals surface area contributed by atoms with Crippen molar-refractivity contribution in [2.24, 2.45) is 11.8 Å². The molecule has 4 N–H and O–H groups in total. The van der Waals surface area contributed by atoms with E-state index in [1.165, 1.54) is 24.6 Å². The molecular weight excluding hydrogens is 384 g/mol. The fourth-order valence-electron chi connectivity index (χ4n) is 3.66. The zero-order chi connectivity index (χ0) is 20.8. The van der Waals surface area contributed by atoms with Gasteiger partial charge in [0.05, 0.1) is 11.5 Å². The number of thioether (sulfide) groups is 1. The molecule has 0 aliphatic heterocycles. The third-order valence-electron chi connectivity index (χ3n) is 5.61. The molecule has 2 aromatic rings. The Morgan fingerprint density at radius 2 is 2.00 bits per heavy atom. The number of rotatable bonds is 7. The van der Waals surface area contributed by atoms with E-state index in [0.29, 0.717) is 35.1 Å². The van der Waals surface area contributed by atoms with Gasteiger partial charge in [-0.2, -0.15) is 15.0 Å². The van der Waals surface area contributed by atoms with Crippen molar-refractivity contribution in [2.45, 2.75) is 51.8 Å². The number of nitrogens with two attached hydrogens (primary N) is 1. The van der Waals surface area contributed by atoms with Gasteiger partial charge in [0.1, 0.15) is 5.82 Å². The number of aryl methyl sites for hydroxylation is 1. The summed E-state index contributed by atoms with van der Waals surface area (Å²) >= 11 is 1.48. The highest BCUT2D eigenvalue weighted by Crippen LogP contribution is 2.29. The molecule has 1 fully saturated rings. The number of hydrogen-bond acceptors (Lipinski definition) is 7. The molecule has 1 aliphatic carbocycles. The Morgan fingerprint density at radius 3 is 2.79 bits per heavy atom. The van der Waals surface area contributed by atoms with Crippen molar-refractivity contribution in [2.75, 3.05) is 16.8 Å². The molecule has 29 heavy (non-hydrogen) atoms. The van der Waals surface area contributed by atoms with E-state index in [-0.39, 0.29) is 17.9 Å². The van der Waals surface area contributed by atoms with E-state index in [2.05, 4.69) is 39.4 Å². The van der Waals surface area contributed by atoms with Gasteiger partial charge in [0.2, 0.25) is 17.8 Å². The van der Waals surface area contributed by atoms with Crippen molar-refractivity contribution >= 4 is 35.3 Å². The van der Waals surface area contributed by atoms with Crippen LogP contribution in [-0.4, -0.2) is 32.7 Å². The van der Waals surface area contributed by atoms with Crippen LogP contribution in [0.5, 0.6) is 0 Å². The first kappa shape index (κ1) is 21.4. The second-order valence-corrected chi connectivity index (χ2v) is 8.79. The summed E-state index contributed by atoms with van der Waals surface area (Å²) in [4.78, 5) is 25.1. The molecule has 1 aliphatic rings. The molecule has 0 radical (unpaired) electrons. The van der Waals surface area contributed by atoms with Gasteiger partial charge < -0.3 is 16.4 Å². The zero-order valence-electron chi connectivity index (χ0n) is 17.3. The van der Waals surface area contributed by atoms with E-state index in [9.17, 15) is 4.79 Å². The predicted octanol–water partition coefficient (Wildman–Crippen LogP) is 3.68. The van der Waals surface area contributed by atoms with Gasteiger partial charge >= 0.3 is 0 Å². The number of hydrogen-bond donors (Lipinski definition) is 3. The van der Waals surface area contributed by atoms with Crippen LogP contribution in [0.1, 0.15) is 44.5 Å². The number of carbonyl (C=O) groups is 1. The van der Waals surface area contributed by atoms with Crippen molar-refractivity contribution in [3.8, 4) is 0 Å². The second kappa shape index (κ2) is 9.91.